The highest BCUT2D eigenvalue weighted by Crippen LogP contribution is 1.97. The lowest BCUT2D eigenvalue weighted by molar-refractivity contribution is -0.142. The van der Waals surface area contributed by atoms with Gasteiger partial charge in [-0.3, -0.25) is 10.1 Å². The number of carbonyl (C=O) groups excluding carboxylic acids is 2. The molecule has 1 atom stereocenters. The van der Waals surface area contributed by atoms with E-state index in [4.69, 9.17) is 12.2 Å². The molecule has 0 aliphatic rings. The van der Waals surface area contributed by atoms with Gasteiger partial charge in [-0.1, -0.05) is 18.2 Å². The van der Waals surface area contributed by atoms with Gasteiger partial charge in [-0.2, -0.15) is 0 Å². The molecule has 0 aromatic heterocycles. The smallest absolute Gasteiger partial charge is 0.328 e. The molecule has 0 fully saturated rings. The summed E-state index contributed by atoms with van der Waals surface area (Å²) in [5.41, 5.74) is 0.493. The van der Waals surface area contributed by atoms with Crippen LogP contribution in [0.1, 0.15) is 17.3 Å². The van der Waals surface area contributed by atoms with Crippen molar-refractivity contribution < 1.29 is 14.3 Å². The highest BCUT2D eigenvalue weighted by atomic mass is 32.1. The average Bonchev–Trinajstić information content (AvgIpc) is 2.38. The summed E-state index contributed by atoms with van der Waals surface area (Å²) in [6, 6.07) is 8.04. The first-order valence-corrected chi connectivity index (χ1v) is 5.70. The normalized spacial score (nSPS) is 11.2. The monoisotopic (exact) mass is 266 g/mol. The zero-order valence-corrected chi connectivity index (χ0v) is 10.9. The minimum Gasteiger partial charge on any atom is -0.467 e. The Labute approximate surface area is 111 Å². The third-order valence-corrected chi connectivity index (χ3v) is 2.39. The van der Waals surface area contributed by atoms with Gasteiger partial charge in [0, 0.05) is 5.56 Å². The number of rotatable bonds is 3. The number of nitrogens with one attached hydrogen (secondary N) is 2. The van der Waals surface area contributed by atoms with Gasteiger partial charge >= 0.3 is 5.97 Å². The van der Waals surface area contributed by atoms with Crippen LogP contribution in [0.15, 0.2) is 30.3 Å². The fourth-order valence-corrected chi connectivity index (χ4v) is 1.50. The fourth-order valence-electron chi connectivity index (χ4n) is 1.23. The van der Waals surface area contributed by atoms with E-state index in [0.717, 1.165) is 0 Å². The summed E-state index contributed by atoms with van der Waals surface area (Å²) < 4.78 is 4.53. The molecule has 0 spiro atoms. The predicted octanol–water partition coefficient (Wildman–Crippen LogP) is 0.852. The molecule has 1 aromatic rings. The summed E-state index contributed by atoms with van der Waals surface area (Å²) in [6.45, 7) is 1.59. The van der Waals surface area contributed by atoms with Crippen molar-refractivity contribution in [2.45, 2.75) is 13.0 Å². The molecule has 0 bridgehead atoms. The van der Waals surface area contributed by atoms with Gasteiger partial charge in [0.1, 0.15) is 6.04 Å². The second-order valence-corrected chi connectivity index (χ2v) is 3.95. The van der Waals surface area contributed by atoms with E-state index in [1.54, 1.807) is 31.2 Å². The van der Waals surface area contributed by atoms with Crippen molar-refractivity contribution in [1.29, 1.82) is 0 Å². The molecule has 0 aliphatic heterocycles. The van der Waals surface area contributed by atoms with Crippen molar-refractivity contribution >= 4 is 29.2 Å². The molecule has 0 aliphatic carbocycles. The zero-order chi connectivity index (χ0) is 13.5. The van der Waals surface area contributed by atoms with E-state index >= 15 is 0 Å². The second-order valence-electron chi connectivity index (χ2n) is 3.54. The maximum atomic E-state index is 11.7. The number of carbonyl (C=O) groups is 2. The van der Waals surface area contributed by atoms with Crippen LogP contribution in [0.3, 0.4) is 0 Å². The van der Waals surface area contributed by atoms with Gasteiger partial charge in [-0.25, -0.2) is 4.79 Å². The van der Waals surface area contributed by atoms with Crippen LogP contribution in [0, 0.1) is 0 Å². The molecule has 0 radical (unpaired) electrons. The number of hydrogen-bond acceptors (Lipinski definition) is 4. The third kappa shape index (κ3) is 4.14. The SMILES string of the molecule is COC(=O)C(C)NC(=S)NC(=O)c1ccccc1. The van der Waals surface area contributed by atoms with E-state index in [9.17, 15) is 9.59 Å². The van der Waals surface area contributed by atoms with Crippen molar-refractivity contribution in [3.63, 3.8) is 0 Å². The number of esters is 1. The van der Waals surface area contributed by atoms with E-state index < -0.39 is 12.0 Å². The summed E-state index contributed by atoms with van der Waals surface area (Å²) in [7, 11) is 1.28. The first-order chi connectivity index (χ1) is 8.54. The van der Waals surface area contributed by atoms with Gasteiger partial charge in [-0.05, 0) is 31.3 Å². The maximum absolute atomic E-state index is 11.7. The Kier molecular flexibility index (Phi) is 5.26. The van der Waals surface area contributed by atoms with Gasteiger partial charge in [0.05, 0.1) is 7.11 Å². The molecule has 96 valence electrons. The van der Waals surface area contributed by atoms with Crippen LogP contribution >= 0.6 is 12.2 Å². The van der Waals surface area contributed by atoms with Crippen molar-refractivity contribution in [3.8, 4) is 0 Å². The molecule has 1 aromatic carbocycles. The Bertz CT molecular complexity index is 448. The van der Waals surface area contributed by atoms with Crippen LogP contribution in [-0.2, 0) is 9.53 Å². The van der Waals surface area contributed by atoms with E-state index in [-0.39, 0.29) is 11.0 Å². The van der Waals surface area contributed by atoms with E-state index in [1.807, 2.05) is 6.07 Å². The number of amides is 1. The molecule has 5 nitrogen and oxygen atoms in total. The number of ether oxygens (including phenoxy) is 1. The van der Waals surface area contributed by atoms with Gasteiger partial charge in [0.25, 0.3) is 5.91 Å². The Hall–Kier alpha value is -1.95. The molecule has 0 saturated carbocycles. The van der Waals surface area contributed by atoms with Crippen molar-refractivity contribution in [3.05, 3.63) is 35.9 Å². The Morgan fingerprint density at radius 3 is 2.44 bits per heavy atom. The fraction of sp³-hybridized carbons (Fsp3) is 0.250. The first-order valence-electron chi connectivity index (χ1n) is 5.29. The quantitative estimate of drug-likeness (QED) is 0.627. The van der Waals surface area contributed by atoms with Crippen LogP contribution in [0.2, 0.25) is 0 Å². The second kappa shape index (κ2) is 6.70. The van der Waals surface area contributed by atoms with Gasteiger partial charge in [0.2, 0.25) is 0 Å². The minimum atomic E-state index is -0.612. The number of methoxy groups -OCH3 is 1. The molecule has 2 N–H and O–H groups in total. The van der Waals surface area contributed by atoms with Crippen LogP contribution in [-0.4, -0.2) is 30.1 Å². The lowest BCUT2D eigenvalue weighted by atomic mass is 10.2. The molecule has 0 saturated heterocycles. The summed E-state index contributed by atoms with van der Waals surface area (Å²) in [4.78, 5) is 22.9. The summed E-state index contributed by atoms with van der Waals surface area (Å²) >= 11 is 4.92. The van der Waals surface area contributed by atoms with Crippen molar-refractivity contribution in [1.82, 2.24) is 10.6 Å². The zero-order valence-electron chi connectivity index (χ0n) is 10.1. The largest absolute Gasteiger partial charge is 0.467 e. The predicted molar refractivity (Wildman–Crippen MR) is 71.1 cm³/mol. The van der Waals surface area contributed by atoms with E-state index in [2.05, 4.69) is 15.4 Å². The minimum absolute atomic E-state index is 0.0850. The summed E-state index contributed by atoms with van der Waals surface area (Å²) in [5.74, 6) is -0.781. The highest BCUT2D eigenvalue weighted by Gasteiger charge is 2.15. The Balaban J connectivity index is 2.51. The molecule has 1 amide bonds. The highest BCUT2D eigenvalue weighted by molar-refractivity contribution is 7.80. The van der Waals surface area contributed by atoms with E-state index in [1.165, 1.54) is 7.11 Å². The van der Waals surface area contributed by atoms with E-state index in [0.29, 0.717) is 5.56 Å². The molecule has 0 heterocycles. The Morgan fingerprint density at radius 1 is 1.28 bits per heavy atom. The number of thiocarbonyl (C=S) groups is 1. The topological polar surface area (TPSA) is 67.4 Å². The molecule has 1 rings (SSSR count). The lowest BCUT2D eigenvalue weighted by Gasteiger charge is -2.14. The maximum Gasteiger partial charge on any atom is 0.328 e. The number of hydrogen-bond donors (Lipinski definition) is 2. The molecule has 1 unspecified atom stereocenters. The van der Waals surface area contributed by atoms with Crippen LogP contribution < -0.4 is 10.6 Å². The van der Waals surface area contributed by atoms with Crippen LogP contribution in [0.5, 0.6) is 0 Å². The van der Waals surface area contributed by atoms with Gasteiger partial charge < -0.3 is 10.1 Å². The van der Waals surface area contributed by atoms with Gasteiger partial charge in [0.15, 0.2) is 5.11 Å². The number of benzene rings is 1. The van der Waals surface area contributed by atoms with Crippen molar-refractivity contribution in [2.75, 3.05) is 7.11 Å². The standard InChI is InChI=1S/C12H14N2O3S/c1-8(11(16)17-2)13-12(18)14-10(15)9-6-4-3-5-7-9/h3-8H,1-2H3,(H2,13,14,15,18). The lowest BCUT2D eigenvalue weighted by Crippen LogP contribution is -2.46. The molecule has 18 heavy (non-hydrogen) atoms. The first kappa shape index (κ1) is 14.1. The summed E-state index contributed by atoms with van der Waals surface area (Å²) in [5, 5.41) is 5.22. The molecular formula is C12H14N2O3S. The Morgan fingerprint density at radius 2 is 1.89 bits per heavy atom. The summed E-state index contributed by atoms with van der Waals surface area (Å²) in [6.07, 6.45) is 0. The van der Waals surface area contributed by atoms with Crippen LogP contribution in [0.4, 0.5) is 0 Å². The van der Waals surface area contributed by atoms with Gasteiger partial charge in [-0.15, -0.1) is 0 Å². The van der Waals surface area contributed by atoms with Crippen molar-refractivity contribution in [2.24, 2.45) is 0 Å². The average molecular weight is 266 g/mol. The third-order valence-electron chi connectivity index (χ3n) is 2.17. The molecular weight excluding hydrogens is 252 g/mol. The van der Waals surface area contributed by atoms with Crippen LogP contribution in [0.25, 0.3) is 0 Å². The molecule has 6 heteroatoms.